The van der Waals surface area contributed by atoms with Crippen molar-refractivity contribution >= 4 is 28.5 Å². The van der Waals surface area contributed by atoms with E-state index in [1.54, 1.807) is 0 Å². The maximum Gasteiger partial charge on any atom is 0.254 e. The van der Waals surface area contributed by atoms with E-state index in [1.807, 2.05) is 37.1 Å². The molecule has 0 aromatic heterocycles. The number of carbonyl (C=O) groups is 1. The zero-order valence-electron chi connectivity index (χ0n) is 10.9. The second-order valence-corrected chi connectivity index (χ2v) is 5.93. The second kappa shape index (κ2) is 6.02. The highest BCUT2D eigenvalue weighted by molar-refractivity contribution is 14.1. The minimum absolute atomic E-state index is 0.181. The summed E-state index contributed by atoms with van der Waals surface area (Å²) < 4.78 is 1.16. The van der Waals surface area contributed by atoms with Crippen LogP contribution >= 0.6 is 22.6 Å². The molecule has 1 N–H and O–H groups in total. The highest BCUT2D eigenvalue weighted by atomic mass is 127. The van der Waals surface area contributed by atoms with E-state index in [0.717, 1.165) is 40.6 Å². The van der Waals surface area contributed by atoms with E-state index in [9.17, 15) is 4.79 Å². The van der Waals surface area contributed by atoms with Gasteiger partial charge in [0.2, 0.25) is 0 Å². The van der Waals surface area contributed by atoms with Crippen LogP contribution in [0.15, 0.2) is 18.2 Å². The van der Waals surface area contributed by atoms with Crippen LogP contribution in [-0.4, -0.2) is 37.0 Å². The zero-order valence-corrected chi connectivity index (χ0v) is 13.0. The Bertz CT molecular complexity index is 439. The molecule has 18 heavy (non-hydrogen) atoms. The third kappa shape index (κ3) is 2.85. The van der Waals surface area contributed by atoms with Crippen LogP contribution in [0.4, 0.5) is 0 Å². The normalized spacial score (nSPS) is 16.9. The molecule has 0 aliphatic carbocycles. The van der Waals surface area contributed by atoms with Crippen LogP contribution in [0, 0.1) is 10.5 Å². The molecule has 1 saturated heterocycles. The number of nitrogens with zero attached hydrogens (tertiary/aromatic N) is 1. The van der Waals surface area contributed by atoms with Crippen LogP contribution in [-0.2, 0) is 0 Å². The Kier molecular flexibility index (Phi) is 4.61. The fourth-order valence-electron chi connectivity index (χ4n) is 2.38. The Hall–Kier alpha value is -0.620. The monoisotopic (exact) mass is 358 g/mol. The molecule has 2 rings (SSSR count). The molecule has 1 aliphatic heterocycles. The number of rotatable bonds is 2. The number of benzene rings is 1. The van der Waals surface area contributed by atoms with Crippen molar-refractivity contribution in [3.8, 4) is 0 Å². The molecular formula is C14H19IN2O. The van der Waals surface area contributed by atoms with Crippen molar-refractivity contribution in [2.24, 2.45) is 0 Å². The Morgan fingerprint density at radius 2 is 2.06 bits per heavy atom. The second-order valence-electron chi connectivity index (χ2n) is 4.77. The van der Waals surface area contributed by atoms with Gasteiger partial charge in [-0.05, 0) is 67.1 Å². The number of piperidine rings is 1. The predicted molar refractivity (Wildman–Crippen MR) is 81.9 cm³/mol. The fraction of sp³-hybridized carbons (Fsp3) is 0.500. The first-order chi connectivity index (χ1) is 8.63. The molecular weight excluding hydrogens is 339 g/mol. The molecule has 1 aliphatic rings. The largest absolute Gasteiger partial charge is 0.339 e. The molecule has 4 heteroatoms. The molecule has 0 saturated carbocycles. The summed E-state index contributed by atoms with van der Waals surface area (Å²) in [6.45, 7) is 3.74. The third-order valence-electron chi connectivity index (χ3n) is 3.69. The van der Waals surface area contributed by atoms with Gasteiger partial charge in [-0.15, -0.1) is 0 Å². The van der Waals surface area contributed by atoms with Gasteiger partial charge in [-0.25, -0.2) is 0 Å². The van der Waals surface area contributed by atoms with Gasteiger partial charge >= 0.3 is 0 Å². The van der Waals surface area contributed by atoms with Gasteiger partial charge in [-0.3, -0.25) is 4.79 Å². The quantitative estimate of drug-likeness (QED) is 0.824. The molecule has 1 aromatic rings. The third-order valence-corrected chi connectivity index (χ3v) is 4.86. The Balaban J connectivity index is 2.10. The summed E-state index contributed by atoms with van der Waals surface area (Å²) >= 11 is 2.28. The van der Waals surface area contributed by atoms with Crippen LogP contribution in [0.2, 0.25) is 0 Å². The molecule has 0 atom stereocenters. The average molecular weight is 358 g/mol. The van der Waals surface area contributed by atoms with Crippen molar-refractivity contribution in [3.05, 3.63) is 32.9 Å². The van der Waals surface area contributed by atoms with Crippen molar-refractivity contribution in [3.63, 3.8) is 0 Å². The maximum absolute atomic E-state index is 12.5. The average Bonchev–Trinajstić information content (AvgIpc) is 2.41. The van der Waals surface area contributed by atoms with Crippen LogP contribution in [0.3, 0.4) is 0 Å². The lowest BCUT2D eigenvalue weighted by Crippen LogP contribution is -2.44. The minimum atomic E-state index is 0.181. The van der Waals surface area contributed by atoms with Gasteiger partial charge in [0, 0.05) is 28.3 Å². The molecule has 0 spiro atoms. The van der Waals surface area contributed by atoms with Gasteiger partial charge < -0.3 is 10.2 Å². The molecule has 0 bridgehead atoms. The summed E-state index contributed by atoms with van der Waals surface area (Å²) in [7, 11) is 1.99. The lowest BCUT2D eigenvalue weighted by molar-refractivity contribution is 0.0706. The smallest absolute Gasteiger partial charge is 0.254 e. The number of nitrogens with one attached hydrogen (secondary N) is 1. The molecule has 1 aromatic carbocycles. The standard InChI is InChI=1S/C14H19IN2O/c1-10-12(4-3-5-13(10)15)14(18)17-8-6-11(16-2)7-9-17/h3-5,11,16H,6-9H2,1-2H3. The summed E-state index contributed by atoms with van der Waals surface area (Å²) in [6, 6.07) is 6.50. The SMILES string of the molecule is CNC1CCN(C(=O)c2cccc(I)c2C)CC1. The molecule has 98 valence electrons. The highest BCUT2D eigenvalue weighted by Crippen LogP contribution is 2.19. The van der Waals surface area contributed by atoms with Gasteiger partial charge in [0.25, 0.3) is 5.91 Å². The van der Waals surface area contributed by atoms with E-state index in [4.69, 9.17) is 0 Å². The van der Waals surface area contributed by atoms with Crippen molar-refractivity contribution in [2.75, 3.05) is 20.1 Å². The van der Waals surface area contributed by atoms with Crippen LogP contribution < -0.4 is 5.32 Å². The number of halogens is 1. The fourth-order valence-corrected chi connectivity index (χ4v) is 2.88. The molecule has 3 nitrogen and oxygen atoms in total. The minimum Gasteiger partial charge on any atom is -0.339 e. The van der Waals surface area contributed by atoms with E-state index in [0.29, 0.717) is 6.04 Å². The van der Waals surface area contributed by atoms with Crippen molar-refractivity contribution in [1.29, 1.82) is 0 Å². The zero-order chi connectivity index (χ0) is 13.1. The number of likely N-dealkylation sites (tertiary alicyclic amines) is 1. The number of hydrogen-bond donors (Lipinski definition) is 1. The summed E-state index contributed by atoms with van der Waals surface area (Å²) in [5, 5.41) is 3.28. The number of carbonyl (C=O) groups excluding carboxylic acids is 1. The Morgan fingerprint density at radius 1 is 1.39 bits per heavy atom. The lowest BCUT2D eigenvalue weighted by Gasteiger charge is -2.32. The first-order valence-electron chi connectivity index (χ1n) is 6.35. The number of amides is 1. The van der Waals surface area contributed by atoms with Crippen LogP contribution in [0.1, 0.15) is 28.8 Å². The highest BCUT2D eigenvalue weighted by Gasteiger charge is 2.23. The molecule has 0 unspecified atom stereocenters. The van der Waals surface area contributed by atoms with Crippen LogP contribution in [0.25, 0.3) is 0 Å². The van der Waals surface area contributed by atoms with Gasteiger partial charge in [0.05, 0.1) is 0 Å². The van der Waals surface area contributed by atoms with E-state index in [1.165, 1.54) is 0 Å². The van der Waals surface area contributed by atoms with Crippen molar-refractivity contribution < 1.29 is 4.79 Å². The topological polar surface area (TPSA) is 32.3 Å². The van der Waals surface area contributed by atoms with Gasteiger partial charge in [-0.1, -0.05) is 6.07 Å². The lowest BCUT2D eigenvalue weighted by atomic mass is 10.0. The Labute approximate surface area is 122 Å². The summed E-state index contributed by atoms with van der Waals surface area (Å²) in [6.07, 6.45) is 2.09. The maximum atomic E-state index is 12.5. The van der Waals surface area contributed by atoms with Gasteiger partial charge in [0.15, 0.2) is 0 Å². The van der Waals surface area contributed by atoms with E-state index >= 15 is 0 Å². The van der Waals surface area contributed by atoms with E-state index in [2.05, 4.69) is 27.9 Å². The summed E-state index contributed by atoms with van der Waals surface area (Å²) in [5.74, 6) is 0.181. The molecule has 0 radical (unpaired) electrons. The molecule has 1 fully saturated rings. The summed E-state index contributed by atoms with van der Waals surface area (Å²) in [5.41, 5.74) is 1.95. The first-order valence-corrected chi connectivity index (χ1v) is 7.43. The van der Waals surface area contributed by atoms with Crippen molar-refractivity contribution in [2.45, 2.75) is 25.8 Å². The summed E-state index contributed by atoms with van der Waals surface area (Å²) in [4.78, 5) is 14.4. The first kappa shape index (κ1) is 13.8. The molecule has 1 heterocycles. The van der Waals surface area contributed by atoms with E-state index < -0.39 is 0 Å². The predicted octanol–water partition coefficient (Wildman–Crippen LogP) is 2.42. The molecule has 1 amide bonds. The van der Waals surface area contributed by atoms with Crippen LogP contribution in [0.5, 0.6) is 0 Å². The van der Waals surface area contributed by atoms with Gasteiger partial charge in [-0.2, -0.15) is 0 Å². The Morgan fingerprint density at radius 3 is 2.67 bits per heavy atom. The van der Waals surface area contributed by atoms with Gasteiger partial charge in [0.1, 0.15) is 0 Å². The number of hydrogen-bond acceptors (Lipinski definition) is 2. The van der Waals surface area contributed by atoms with Crippen molar-refractivity contribution in [1.82, 2.24) is 10.2 Å². The van der Waals surface area contributed by atoms with E-state index in [-0.39, 0.29) is 5.91 Å².